The fourth-order valence-electron chi connectivity index (χ4n) is 4.53. The molecule has 0 bridgehead atoms. The minimum Gasteiger partial charge on any atom is -0.508 e. The van der Waals surface area contributed by atoms with Crippen LogP contribution < -0.4 is 5.32 Å². The van der Waals surface area contributed by atoms with Gasteiger partial charge in [0.1, 0.15) is 5.75 Å². The molecule has 1 unspecified atom stereocenters. The van der Waals surface area contributed by atoms with Gasteiger partial charge in [0.05, 0.1) is 12.3 Å². The molecule has 28 heavy (non-hydrogen) atoms. The average Bonchev–Trinajstić information content (AvgIpc) is 3.52. The van der Waals surface area contributed by atoms with E-state index in [1.807, 2.05) is 11.0 Å². The fraction of sp³-hybridized carbons (Fsp3) is 0.636. The third-order valence-electron chi connectivity index (χ3n) is 6.35. The lowest BCUT2D eigenvalue weighted by atomic mass is 9.93. The zero-order valence-corrected chi connectivity index (χ0v) is 16.5. The normalized spacial score (nSPS) is 24.1. The standard InChI is InChI=1S/C22H31N3O3/c26-20-5-1-3-16(13-20)14-21(27)24-11-8-19(9-12-24)25-10-2-4-17(15-25)22(28)23-18-6-7-18/h1,3,5,13,17-19,26H,2,4,6-12,14-15H2,(H,23,28). The summed E-state index contributed by atoms with van der Waals surface area (Å²) in [6.45, 7) is 3.48. The first-order valence-corrected chi connectivity index (χ1v) is 10.7. The topological polar surface area (TPSA) is 72.9 Å². The number of benzene rings is 1. The molecule has 0 aromatic heterocycles. The molecule has 2 aliphatic heterocycles. The first-order valence-electron chi connectivity index (χ1n) is 10.7. The molecule has 6 heteroatoms. The first-order chi connectivity index (χ1) is 13.6. The van der Waals surface area contributed by atoms with E-state index in [0.29, 0.717) is 18.5 Å². The van der Waals surface area contributed by atoms with Gasteiger partial charge in [-0.25, -0.2) is 0 Å². The number of carbonyl (C=O) groups is 2. The van der Waals surface area contributed by atoms with Gasteiger partial charge < -0.3 is 15.3 Å². The SMILES string of the molecule is O=C(NC1CC1)C1CCCN(C2CCN(C(=O)Cc3cccc(O)c3)CC2)C1. The van der Waals surface area contributed by atoms with Gasteiger partial charge in [-0.1, -0.05) is 12.1 Å². The zero-order valence-electron chi connectivity index (χ0n) is 16.5. The maximum Gasteiger partial charge on any atom is 0.226 e. The van der Waals surface area contributed by atoms with Gasteiger partial charge in [0.15, 0.2) is 0 Å². The molecule has 3 aliphatic rings. The van der Waals surface area contributed by atoms with Gasteiger partial charge in [0.2, 0.25) is 11.8 Å². The summed E-state index contributed by atoms with van der Waals surface area (Å²) in [6, 6.07) is 7.84. The van der Waals surface area contributed by atoms with Gasteiger partial charge in [-0.2, -0.15) is 0 Å². The van der Waals surface area contributed by atoms with Crippen molar-refractivity contribution in [3.8, 4) is 5.75 Å². The summed E-state index contributed by atoms with van der Waals surface area (Å²) in [6.07, 6.45) is 6.64. The Labute approximate surface area is 166 Å². The summed E-state index contributed by atoms with van der Waals surface area (Å²) in [5.74, 6) is 0.699. The van der Waals surface area contributed by atoms with Gasteiger partial charge in [0, 0.05) is 31.7 Å². The molecule has 0 radical (unpaired) electrons. The van der Waals surface area contributed by atoms with Crippen LogP contribution in [-0.2, 0) is 16.0 Å². The number of nitrogens with one attached hydrogen (secondary N) is 1. The molecule has 2 N–H and O–H groups in total. The lowest BCUT2D eigenvalue weighted by Crippen LogP contribution is -2.51. The van der Waals surface area contributed by atoms with Crippen molar-refractivity contribution in [2.24, 2.45) is 5.92 Å². The number of piperidine rings is 2. The molecule has 1 aromatic carbocycles. The van der Waals surface area contributed by atoms with Crippen molar-refractivity contribution >= 4 is 11.8 Å². The number of likely N-dealkylation sites (tertiary alicyclic amines) is 2. The van der Waals surface area contributed by atoms with E-state index in [2.05, 4.69) is 10.2 Å². The smallest absolute Gasteiger partial charge is 0.226 e. The van der Waals surface area contributed by atoms with Crippen LogP contribution in [0.3, 0.4) is 0 Å². The number of nitrogens with zero attached hydrogens (tertiary/aromatic N) is 2. The number of phenolic OH excluding ortho intramolecular Hbond substituents is 1. The second-order valence-corrected chi connectivity index (χ2v) is 8.58. The van der Waals surface area contributed by atoms with Crippen molar-refractivity contribution in [3.05, 3.63) is 29.8 Å². The lowest BCUT2D eigenvalue weighted by Gasteiger charge is -2.42. The predicted octanol–water partition coefficient (Wildman–Crippen LogP) is 1.92. The molecule has 4 rings (SSSR count). The number of hydrogen-bond acceptors (Lipinski definition) is 4. The Bertz CT molecular complexity index is 711. The number of phenols is 1. The monoisotopic (exact) mass is 385 g/mol. The molecule has 2 heterocycles. The largest absolute Gasteiger partial charge is 0.508 e. The van der Waals surface area contributed by atoms with Crippen molar-refractivity contribution in [3.63, 3.8) is 0 Å². The van der Waals surface area contributed by atoms with Gasteiger partial charge in [-0.15, -0.1) is 0 Å². The Balaban J connectivity index is 1.25. The lowest BCUT2D eigenvalue weighted by molar-refractivity contribution is -0.132. The molecule has 1 aromatic rings. The van der Waals surface area contributed by atoms with Crippen LogP contribution in [0.4, 0.5) is 0 Å². The van der Waals surface area contributed by atoms with E-state index < -0.39 is 0 Å². The number of carbonyl (C=O) groups excluding carboxylic acids is 2. The molecule has 1 atom stereocenters. The van der Waals surface area contributed by atoms with Gasteiger partial charge in [-0.3, -0.25) is 14.5 Å². The van der Waals surface area contributed by atoms with Crippen LogP contribution in [0.2, 0.25) is 0 Å². The third kappa shape index (κ3) is 4.85. The quantitative estimate of drug-likeness (QED) is 0.812. The summed E-state index contributed by atoms with van der Waals surface area (Å²) in [5.41, 5.74) is 0.854. The Morgan fingerprint density at radius 1 is 1.07 bits per heavy atom. The fourth-order valence-corrected chi connectivity index (χ4v) is 4.53. The molecular formula is C22H31N3O3. The summed E-state index contributed by atoms with van der Waals surface area (Å²) >= 11 is 0. The predicted molar refractivity (Wildman–Crippen MR) is 107 cm³/mol. The summed E-state index contributed by atoms with van der Waals surface area (Å²) < 4.78 is 0. The molecular weight excluding hydrogens is 354 g/mol. The summed E-state index contributed by atoms with van der Waals surface area (Å²) in [4.78, 5) is 29.4. The maximum absolute atomic E-state index is 12.6. The van der Waals surface area contributed by atoms with Crippen LogP contribution in [0.5, 0.6) is 5.75 Å². The summed E-state index contributed by atoms with van der Waals surface area (Å²) in [7, 11) is 0. The van der Waals surface area contributed by atoms with E-state index in [4.69, 9.17) is 0 Å². The van der Waals surface area contributed by atoms with Gasteiger partial charge in [-0.05, 0) is 62.8 Å². The highest BCUT2D eigenvalue weighted by molar-refractivity contribution is 5.80. The number of amides is 2. The minimum absolute atomic E-state index is 0.125. The first kappa shape index (κ1) is 19.2. The van der Waals surface area contributed by atoms with E-state index in [9.17, 15) is 14.7 Å². The van der Waals surface area contributed by atoms with E-state index >= 15 is 0 Å². The molecule has 3 fully saturated rings. The Morgan fingerprint density at radius 3 is 2.57 bits per heavy atom. The van der Waals surface area contributed by atoms with Crippen LogP contribution in [0.15, 0.2) is 24.3 Å². The molecule has 1 saturated carbocycles. The molecule has 2 saturated heterocycles. The highest BCUT2D eigenvalue weighted by Gasteiger charge is 2.34. The maximum atomic E-state index is 12.6. The van der Waals surface area contributed by atoms with E-state index in [0.717, 1.165) is 70.3 Å². The van der Waals surface area contributed by atoms with E-state index in [1.54, 1.807) is 18.2 Å². The highest BCUT2D eigenvalue weighted by Crippen LogP contribution is 2.26. The van der Waals surface area contributed by atoms with Crippen molar-refractivity contribution in [1.29, 1.82) is 0 Å². The third-order valence-corrected chi connectivity index (χ3v) is 6.35. The van der Waals surface area contributed by atoms with E-state index in [1.165, 1.54) is 0 Å². The van der Waals surface area contributed by atoms with Gasteiger partial charge >= 0.3 is 0 Å². The highest BCUT2D eigenvalue weighted by atomic mass is 16.3. The summed E-state index contributed by atoms with van der Waals surface area (Å²) in [5, 5.41) is 12.7. The van der Waals surface area contributed by atoms with Gasteiger partial charge in [0.25, 0.3) is 0 Å². The Kier molecular flexibility index (Phi) is 5.85. The van der Waals surface area contributed by atoms with Crippen LogP contribution in [0, 0.1) is 5.92 Å². The second-order valence-electron chi connectivity index (χ2n) is 8.58. The molecule has 152 valence electrons. The van der Waals surface area contributed by atoms with Crippen molar-refractivity contribution < 1.29 is 14.7 Å². The van der Waals surface area contributed by atoms with Crippen molar-refractivity contribution in [1.82, 2.24) is 15.1 Å². The number of hydrogen-bond donors (Lipinski definition) is 2. The van der Waals surface area contributed by atoms with E-state index in [-0.39, 0.29) is 23.5 Å². The van der Waals surface area contributed by atoms with Crippen molar-refractivity contribution in [2.45, 2.75) is 57.0 Å². The zero-order chi connectivity index (χ0) is 19.5. The molecule has 0 spiro atoms. The van der Waals surface area contributed by atoms with Crippen LogP contribution in [0.1, 0.15) is 44.1 Å². The van der Waals surface area contributed by atoms with Crippen LogP contribution in [0.25, 0.3) is 0 Å². The van der Waals surface area contributed by atoms with Crippen molar-refractivity contribution in [2.75, 3.05) is 26.2 Å². The molecule has 2 amide bonds. The number of rotatable bonds is 5. The second kappa shape index (κ2) is 8.52. The van der Waals surface area contributed by atoms with Crippen LogP contribution >= 0.6 is 0 Å². The Hall–Kier alpha value is -2.08. The average molecular weight is 386 g/mol. The Morgan fingerprint density at radius 2 is 1.86 bits per heavy atom. The number of aromatic hydroxyl groups is 1. The van der Waals surface area contributed by atoms with Crippen LogP contribution in [-0.4, -0.2) is 65.0 Å². The molecule has 1 aliphatic carbocycles. The minimum atomic E-state index is 0.125. The molecule has 6 nitrogen and oxygen atoms in total.